The smallest absolute Gasteiger partial charge is 0.326 e. The summed E-state index contributed by atoms with van der Waals surface area (Å²) in [6, 6.07) is -5.66. The Morgan fingerprint density at radius 1 is 0.667 bits per heavy atom. The topological polar surface area (TPSA) is 300 Å². The van der Waals surface area contributed by atoms with E-state index in [1.54, 1.807) is 0 Å². The molecular weight excluding hydrogens is 482 g/mol. The van der Waals surface area contributed by atoms with Crippen LogP contribution in [0.3, 0.4) is 0 Å². The minimum absolute atomic E-state index is 0.0427. The van der Waals surface area contributed by atoms with E-state index in [1.165, 1.54) is 0 Å². The minimum atomic E-state index is -1.60. The van der Waals surface area contributed by atoms with Gasteiger partial charge in [0.2, 0.25) is 29.5 Å². The molecular formula is C20H35N7O9. The van der Waals surface area contributed by atoms with Gasteiger partial charge in [0.1, 0.15) is 18.1 Å². The Morgan fingerprint density at radius 2 is 1.22 bits per heavy atom. The lowest BCUT2D eigenvalue weighted by atomic mass is 10.1. The second-order valence-corrected chi connectivity index (χ2v) is 8.02. The van der Waals surface area contributed by atoms with Gasteiger partial charge in [-0.05, 0) is 38.6 Å². The Labute approximate surface area is 206 Å². The highest BCUT2D eigenvalue weighted by molar-refractivity contribution is 5.96. The van der Waals surface area contributed by atoms with Crippen molar-refractivity contribution in [1.82, 2.24) is 16.0 Å². The highest BCUT2D eigenvalue weighted by atomic mass is 16.4. The second kappa shape index (κ2) is 16.8. The molecule has 0 aromatic heterocycles. The molecule has 0 saturated heterocycles. The SMILES string of the molecule is NCCCCC(NC(=O)C(CC(N)=O)NC(=O)C(CCC(N)=O)NC(=O)C(N)CCC(=O)O)C(=O)O. The first-order valence-corrected chi connectivity index (χ1v) is 11.2. The molecule has 0 aliphatic heterocycles. The number of carboxylic acid groups (broad SMARTS) is 2. The average Bonchev–Trinajstić information content (AvgIpc) is 2.78. The van der Waals surface area contributed by atoms with E-state index in [2.05, 4.69) is 16.0 Å². The van der Waals surface area contributed by atoms with Crippen LogP contribution in [0.4, 0.5) is 0 Å². The van der Waals surface area contributed by atoms with Crippen LogP contribution < -0.4 is 38.9 Å². The number of unbranched alkanes of at least 4 members (excludes halogenated alkanes) is 1. The molecule has 0 aromatic carbocycles. The molecule has 4 unspecified atom stereocenters. The van der Waals surface area contributed by atoms with Crippen LogP contribution in [0.25, 0.3) is 0 Å². The lowest BCUT2D eigenvalue weighted by Gasteiger charge is -2.24. The van der Waals surface area contributed by atoms with E-state index in [9.17, 15) is 38.7 Å². The summed E-state index contributed by atoms with van der Waals surface area (Å²) in [4.78, 5) is 82.6. The molecule has 4 atom stereocenters. The number of carbonyl (C=O) groups excluding carboxylic acids is 5. The monoisotopic (exact) mass is 517 g/mol. The number of carboxylic acids is 2. The van der Waals surface area contributed by atoms with E-state index >= 15 is 0 Å². The Kier molecular flexibility index (Phi) is 15.0. The van der Waals surface area contributed by atoms with Crippen molar-refractivity contribution in [1.29, 1.82) is 0 Å². The average molecular weight is 518 g/mol. The van der Waals surface area contributed by atoms with Crippen molar-refractivity contribution in [3.05, 3.63) is 0 Å². The first-order chi connectivity index (χ1) is 16.8. The van der Waals surface area contributed by atoms with Crippen LogP contribution in [0.1, 0.15) is 51.4 Å². The molecule has 5 amide bonds. The fourth-order valence-corrected chi connectivity index (χ4v) is 2.95. The van der Waals surface area contributed by atoms with Gasteiger partial charge in [-0.3, -0.25) is 28.8 Å². The van der Waals surface area contributed by atoms with Crippen molar-refractivity contribution < 1.29 is 43.8 Å². The van der Waals surface area contributed by atoms with E-state index in [0.717, 1.165) is 0 Å². The molecule has 204 valence electrons. The summed E-state index contributed by atoms with van der Waals surface area (Å²) in [5.41, 5.74) is 21.3. The first kappa shape index (κ1) is 32.2. The van der Waals surface area contributed by atoms with Gasteiger partial charge in [0.25, 0.3) is 0 Å². The number of hydrogen-bond acceptors (Lipinski definition) is 9. The third-order valence-corrected chi connectivity index (χ3v) is 4.92. The predicted molar refractivity (Wildman–Crippen MR) is 123 cm³/mol. The van der Waals surface area contributed by atoms with Crippen molar-refractivity contribution in [2.45, 2.75) is 75.5 Å². The molecule has 0 aromatic rings. The molecule has 36 heavy (non-hydrogen) atoms. The van der Waals surface area contributed by atoms with Crippen LogP contribution in [0.2, 0.25) is 0 Å². The molecule has 0 saturated carbocycles. The molecule has 0 heterocycles. The van der Waals surface area contributed by atoms with Crippen LogP contribution >= 0.6 is 0 Å². The molecule has 0 bridgehead atoms. The number of amides is 5. The van der Waals surface area contributed by atoms with Gasteiger partial charge in [0.05, 0.1) is 12.5 Å². The van der Waals surface area contributed by atoms with E-state index in [0.29, 0.717) is 19.4 Å². The van der Waals surface area contributed by atoms with Crippen molar-refractivity contribution in [3.8, 4) is 0 Å². The van der Waals surface area contributed by atoms with Crippen LogP contribution in [0.15, 0.2) is 0 Å². The van der Waals surface area contributed by atoms with Gasteiger partial charge < -0.3 is 49.1 Å². The third kappa shape index (κ3) is 13.8. The van der Waals surface area contributed by atoms with Gasteiger partial charge in [0.15, 0.2) is 0 Å². The Morgan fingerprint density at radius 3 is 1.72 bits per heavy atom. The maximum absolute atomic E-state index is 12.8. The van der Waals surface area contributed by atoms with Gasteiger partial charge in [-0.2, -0.15) is 0 Å². The van der Waals surface area contributed by atoms with E-state index in [1.807, 2.05) is 0 Å². The lowest BCUT2D eigenvalue weighted by molar-refractivity contribution is -0.142. The molecule has 0 rings (SSSR count). The summed E-state index contributed by atoms with van der Waals surface area (Å²) in [7, 11) is 0. The summed E-state index contributed by atoms with van der Waals surface area (Å²) in [6.45, 7) is 0.318. The fourth-order valence-electron chi connectivity index (χ4n) is 2.95. The number of carbonyl (C=O) groups is 7. The Hall–Kier alpha value is -3.79. The zero-order chi connectivity index (χ0) is 27.8. The van der Waals surface area contributed by atoms with Crippen LogP contribution in [-0.4, -0.2) is 82.4 Å². The van der Waals surface area contributed by atoms with Crippen LogP contribution in [0, 0.1) is 0 Å². The molecule has 16 heteroatoms. The van der Waals surface area contributed by atoms with Crippen molar-refractivity contribution in [3.63, 3.8) is 0 Å². The summed E-state index contributed by atoms with van der Waals surface area (Å²) in [5, 5.41) is 24.8. The lowest BCUT2D eigenvalue weighted by Crippen LogP contribution is -2.57. The quantitative estimate of drug-likeness (QED) is 0.0743. The molecule has 0 aliphatic rings. The number of hydrogen-bond donors (Lipinski definition) is 9. The van der Waals surface area contributed by atoms with E-state index in [4.69, 9.17) is 28.0 Å². The molecule has 0 radical (unpaired) electrons. The number of nitrogens with one attached hydrogen (secondary N) is 3. The number of rotatable bonds is 19. The normalized spacial score (nSPS) is 13.9. The number of aliphatic carboxylic acids is 2. The first-order valence-electron chi connectivity index (χ1n) is 11.2. The molecule has 13 N–H and O–H groups in total. The Bertz CT molecular complexity index is 821. The van der Waals surface area contributed by atoms with Gasteiger partial charge in [-0.1, -0.05) is 0 Å². The summed E-state index contributed by atoms with van der Waals surface area (Å²) >= 11 is 0. The summed E-state index contributed by atoms with van der Waals surface area (Å²) < 4.78 is 0. The van der Waals surface area contributed by atoms with Crippen molar-refractivity contribution in [2.24, 2.45) is 22.9 Å². The highest BCUT2D eigenvalue weighted by Gasteiger charge is 2.31. The minimum Gasteiger partial charge on any atom is -0.481 e. The summed E-state index contributed by atoms with van der Waals surface area (Å²) in [6.07, 6.45) is -1.05. The van der Waals surface area contributed by atoms with Gasteiger partial charge in [-0.25, -0.2) is 4.79 Å². The fraction of sp³-hybridized carbons (Fsp3) is 0.650. The van der Waals surface area contributed by atoms with E-state index in [-0.39, 0.29) is 25.7 Å². The van der Waals surface area contributed by atoms with Crippen molar-refractivity contribution in [2.75, 3.05) is 6.54 Å². The zero-order valence-electron chi connectivity index (χ0n) is 19.7. The predicted octanol–water partition coefficient (Wildman–Crippen LogP) is -4.01. The second-order valence-electron chi connectivity index (χ2n) is 8.02. The van der Waals surface area contributed by atoms with Gasteiger partial charge in [-0.15, -0.1) is 0 Å². The summed E-state index contributed by atoms with van der Waals surface area (Å²) in [5.74, 6) is -7.24. The standard InChI is InChI=1S/C20H35N7O9/c21-8-2-1-3-12(20(35)36)26-19(34)13(9-15(24)29)27-18(33)11(5-6-14(23)28)25-17(32)10(22)4-7-16(30)31/h10-13H,1-9,21-22H2,(H2,23,28)(H2,24,29)(H,25,32)(H,26,34)(H,27,33)(H,30,31)(H,35,36). The maximum Gasteiger partial charge on any atom is 0.326 e. The molecule has 0 spiro atoms. The number of nitrogens with two attached hydrogens (primary N) is 4. The zero-order valence-corrected chi connectivity index (χ0v) is 19.7. The van der Waals surface area contributed by atoms with E-state index < -0.39 is 78.5 Å². The largest absolute Gasteiger partial charge is 0.481 e. The highest BCUT2D eigenvalue weighted by Crippen LogP contribution is 2.05. The number of primary amides is 2. The van der Waals surface area contributed by atoms with Crippen LogP contribution in [-0.2, 0) is 33.6 Å². The van der Waals surface area contributed by atoms with Gasteiger partial charge in [0, 0.05) is 12.8 Å². The van der Waals surface area contributed by atoms with Crippen molar-refractivity contribution >= 4 is 41.5 Å². The maximum atomic E-state index is 12.8. The van der Waals surface area contributed by atoms with Crippen LogP contribution in [0.5, 0.6) is 0 Å². The Balaban J connectivity index is 5.53. The third-order valence-electron chi connectivity index (χ3n) is 4.92. The van der Waals surface area contributed by atoms with Gasteiger partial charge >= 0.3 is 11.9 Å². The molecule has 0 fully saturated rings. The molecule has 16 nitrogen and oxygen atoms in total. The molecule has 0 aliphatic carbocycles.